The number of benzene rings is 2. The lowest BCUT2D eigenvalue weighted by molar-refractivity contribution is 0.0342. The highest BCUT2D eigenvalue weighted by molar-refractivity contribution is 14.0. The van der Waals surface area contributed by atoms with E-state index in [-0.39, 0.29) is 24.0 Å². The molecule has 0 radical (unpaired) electrons. The van der Waals surface area contributed by atoms with Gasteiger partial charge in [0.15, 0.2) is 17.5 Å². The van der Waals surface area contributed by atoms with Crippen molar-refractivity contribution in [2.75, 3.05) is 52.4 Å². The molecule has 0 unspecified atom stereocenters. The normalized spacial score (nSPS) is 14.5. The Kier molecular flexibility index (Phi) is 10.9. The van der Waals surface area contributed by atoms with Crippen molar-refractivity contribution in [2.45, 2.75) is 20.0 Å². The summed E-state index contributed by atoms with van der Waals surface area (Å²) in [6.45, 7) is 7.86. The van der Waals surface area contributed by atoms with Gasteiger partial charge in [-0.15, -0.1) is 24.0 Å². The summed E-state index contributed by atoms with van der Waals surface area (Å²) in [4.78, 5) is 6.74. The Labute approximate surface area is 202 Å². The third kappa shape index (κ3) is 7.86. The Hall–Kier alpha value is -2.04. The number of halogens is 1. The number of hydrogen-bond acceptors (Lipinski definition) is 5. The fraction of sp³-hybridized carbons (Fsp3) is 0.435. The molecule has 0 amide bonds. The molecule has 1 aliphatic heterocycles. The molecule has 0 bridgehead atoms. The van der Waals surface area contributed by atoms with E-state index in [1.165, 1.54) is 11.1 Å². The smallest absolute Gasteiger partial charge is 0.195 e. The van der Waals surface area contributed by atoms with Crippen molar-refractivity contribution < 1.29 is 14.2 Å². The van der Waals surface area contributed by atoms with E-state index in [1.807, 2.05) is 25.1 Å². The van der Waals surface area contributed by atoms with E-state index in [9.17, 15) is 0 Å². The minimum atomic E-state index is 0. The molecule has 0 saturated carbocycles. The van der Waals surface area contributed by atoms with Crippen molar-refractivity contribution in [3.63, 3.8) is 0 Å². The van der Waals surface area contributed by atoms with Crippen LogP contribution in [0, 0.1) is 0 Å². The lowest BCUT2D eigenvalue weighted by atomic mass is 10.1. The van der Waals surface area contributed by atoms with E-state index in [0.29, 0.717) is 24.9 Å². The molecular formula is C23H33IN4O3. The second kappa shape index (κ2) is 13.4. The van der Waals surface area contributed by atoms with E-state index < -0.39 is 0 Å². The molecule has 2 aromatic carbocycles. The first-order valence-electron chi connectivity index (χ1n) is 10.4. The van der Waals surface area contributed by atoms with Crippen molar-refractivity contribution in [2.24, 2.45) is 4.99 Å². The predicted molar refractivity (Wildman–Crippen MR) is 136 cm³/mol. The van der Waals surface area contributed by atoms with Crippen molar-refractivity contribution in [3.05, 3.63) is 53.6 Å². The average molecular weight is 540 g/mol. The molecule has 2 N–H and O–H groups in total. The molecule has 0 aromatic heterocycles. The lowest BCUT2D eigenvalue weighted by Crippen LogP contribution is -2.35. The summed E-state index contributed by atoms with van der Waals surface area (Å²) in [5.41, 5.74) is 3.40. The quantitative estimate of drug-likeness (QED) is 0.302. The zero-order chi connectivity index (χ0) is 21.2. The third-order valence-corrected chi connectivity index (χ3v) is 4.94. The van der Waals surface area contributed by atoms with Crippen LogP contribution < -0.4 is 20.1 Å². The van der Waals surface area contributed by atoms with Crippen LogP contribution in [0.3, 0.4) is 0 Å². The number of hydrogen-bond donors (Lipinski definition) is 2. The van der Waals surface area contributed by atoms with Gasteiger partial charge in [-0.2, -0.15) is 0 Å². The van der Waals surface area contributed by atoms with Crippen molar-refractivity contribution in [3.8, 4) is 11.5 Å². The first-order valence-corrected chi connectivity index (χ1v) is 10.4. The largest absolute Gasteiger partial charge is 0.493 e. The highest BCUT2D eigenvalue weighted by Gasteiger charge is 2.11. The van der Waals surface area contributed by atoms with Crippen LogP contribution in [-0.4, -0.2) is 57.9 Å². The van der Waals surface area contributed by atoms with Gasteiger partial charge in [-0.1, -0.05) is 24.3 Å². The van der Waals surface area contributed by atoms with Crippen molar-refractivity contribution in [1.82, 2.24) is 10.2 Å². The maximum absolute atomic E-state index is 5.57. The van der Waals surface area contributed by atoms with Crippen molar-refractivity contribution >= 4 is 35.6 Å². The molecule has 1 saturated heterocycles. The highest BCUT2D eigenvalue weighted by atomic mass is 127. The van der Waals surface area contributed by atoms with Gasteiger partial charge < -0.3 is 24.8 Å². The number of methoxy groups -OCH3 is 1. The van der Waals surface area contributed by atoms with E-state index in [2.05, 4.69) is 44.8 Å². The van der Waals surface area contributed by atoms with Gasteiger partial charge in [0, 0.05) is 45.0 Å². The minimum absolute atomic E-state index is 0. The topological polar surface area (TPSA) is 67.4 Å². The van der Waals surface area contributed by atoms with Gasteiger partial charge in [0.05, 0.1) is 26.9 Å². The third-order valence-electron chi connectivity index (χ3n) is 4.94. The summed E-state index contributed by atoms with van der Waals surface area (Å²) < 4.78 is 16.4. The first-order chi connectivity index (χ1) is 14.7. The number of rotatable bonds is 8. The summed E-state index contributed by atoms with van der Waals surface area (Å²) in [6.07, 6.45) is 0. The Morgan fingerprint density at radius 1 is 1.06 bits per heavy atom. The van der Waals surface area contributed by atoms with Crippen LogP contribution in [0.5, 0.6) is 11.5 Å². The monoisotopic (exact) mass is 540 g/mol. The molecule has 3 rings (SSSR count). The second-order valence-corrected chi connectivity index (χ2v) is 7.05. The van der Waals surface area contributed by atoms with Gasteiger partial charge in [-0.25, -0.2) is 0 Å². The van der Waals surface area contributed by atoms with Crippen LogP contribution in [0.2, 0.25) is 0 Å². The highest BCUT2D eigenvalue weighted by Crippen LogP contribution is 2.30. The van der Waals surface area contributed by atoms with Crippen LogP contribution in [0.25, 0.3) is 0 Å². The number of anilines is 1. The van der Waals surface area contributed by atoms with Gasteiger partial charge in [0.1, 0.15) is 0 Å². The molecule has 1 aliphatic rings. The average Bonchev–Trinajstić information content (AvgIpc) is 2.79. The summed E-state index contributed by atoms with van der Waals surface area (Å²) >= 11 is 0. The Morgan fingerprint density at radius 3 is 2.42 bits per heavy atom. The number of morpholine rings is 1. The van der Waals surface area contributed by atoms with E-state index in [1.54, 1.807) is 14.2 Å². The molecule has 1 fully saturated rings. The van der Waals surface area contributed by atoms with Gasteiger partial charge in [0.25, 0.3) is 0 Å². The molecule has 0 atom stereocenters. The lowest BCUT2D eigenvalue weighted by Gasteiger charge is -2.26. The summed E-state index contributed by atoms with van der Waals surface area (Å²) in [5.74, 6) is 2.11. The number of ether oxygens (including phenoxy) is 3. The maximum atomic E-state index is 5.57. The SMILES string of the molecule is CCOc1ccc(NC(=NC)NCc2ccc(CN3CCOCC3)cc2)cc1OC.I. The fourth-order valence-electron chi connectivity index (χ4n) is 3.30. The van der Waals surface area contributed by atoms with Crippen LogP contribution in [-0.2, 0) is 17.8 Å². The molecule has 1 heterocycles. The minimum Gasteiger partial charge on any atom is -0.493 e. The van der Waals surface area contributed by atoms with Crippen molar-refractivity contribution in [1.29, 1.82) is 0 Å². The summed E-state index contributed by atoms with van der Waals surface area (Å²) in [7, 11) is 3.39. The van der Waals surface area contributed by atoms with E-state index in [4.69, 9.17) is 14.2 Å². The zero-order valence-corrected chi connectivity index (χ0v) is 20.8. The second-order valence-electron chi connectivity index (χ2n) is 7.05. The standard InChI is InChI=1S/C23H32N4O3.HI/c1-4-30-21-10-9-20(15-22(21)28-3)26-23(24-2)25-16-18-5-7-19(8-6-18)17-27-11-13-29-14-12-27;/h5-10,15H,4,11-14,16-17H2,1-3H3,(H2,24,25,26);1H. The van der Waals surface area contributed by atoms with Crippen LogP contribution in [0.15, 0.2) is 47.5 Å². The van der Waals surface area contributed by atoms with E-state index >= 15 is 0 Å². The summed E-state index contributed by atoms with van der Waals surface area (Å²) in [5, 5.41) is 6.65. The number of nitrogens with zero attached hydrogens (tertiary/aromatic N) is 2. The molecule has 170 valence electrons. The number of nitrogens with one attached hydrogen (secondary N) is 2. The van der Waals surface area contributed by atoms with Gasteiger partial charge >= 0.3 is 0 Å². The van der Waals surface area contributed by atoms with Crippen LogP contribution >= 0.6 is 24.0 Å². The number of aliphatic imine (C=N–C) groups is 1. The van der Waals surface area contributed by atoms with E-state index in [0.717, 1.165) is 44.3 Å². The first kappa shape index (κ1) is 25.2. The van der Waals surface area contributed by atoms with Crippen LogP contribution in [0.4, 0.5) is 5.69 Å². The Bertz CT molecular complexity index is 824. The Balaban J connectivity index is 0.00000341. The molecule has 0 aliphatic carbocycles. The zero-order valence-electron chi connectivity index (χ0n) is 18.5. The van der Waals surface area contributed by atoms with Crippen LogP contribution in [0.1, 0.15) is 18.1 Å². The summed E-state index contributed by atoms with van der Waals surface area (Å²) in [6, 6.07) is 14.5. The Morgan fingerprint density at radius 2 is 1.77 bits per heavy atom. The molecule has 7 nitrogen and oxygen atoms in total. The molecule has 2 aromatic rings. The molecule has 31 heavy (non-hydrogen) atoms. The van der Waals surface area contributed by atoms with Gasteiger partial charge in [-0.3, -0.25) is 9.89 Å². The predicted octanol–water partition coefficient (Wildman–Crippen LogP) is 3.73. The molecule has 0 spiro atoms. The molecule has 8 heteroatoms. The molecular weight excluding hydrogens is 507 g/mol. The van der Waals surface area contributed by atoms with Gasteiger partial charge in [0.2, 0.25) is 0 Å². The number of guanidine groups is 1. The fourth-order valence-corrected chi connectivity index (χ4v) is 3.30. The van der Waals surface area contributed by atoms with Gasteiger partial charge in [-0.05, 0) is 30.2 Å². The maximum Gasteiger partial charge on any atom is 0.195 e.